The highest BCUT2D eigenvalue weighted by Gasteiger charge is 2.27. The molecule has 0 atom stereocenters. The van der Waals surface area contributed by atoms with Crippen LogP contribution in [0.5, 0.6) is 0 Å². The van der Waals surface area contributed by atoms with E-state index in [0.717, 1.165) is 22.3 Å². The van der Waals surface area contributed by atoms with E-state index in [-0.39, 0.29) is 0 Å². The summed E-state index contributed by atoms with van der Waals surface area (Å²) in [5, 5.41) is 2.67. The maximum atomic E-state index is 5.42. The average Bonchev–Trinajstić information content (AvgIpc) is 3.69. The van der Waals surface area contributed by atoms with E-state index in [4.69, 9.17) is 15.0 Å². The quantitative estimate of drug-likeness (QED) is 0.158. The molecule has 9 aromatic rings. The lowest BCUT2D eigenvalue weighted by Crippen LogP contribution is -2.55. The van der Waals surface area contributed by atoms with Crippen LogP contribution in [-0.2, 0) is 0 Å². The Labute approximate surface area is 367 Å². The first-order valence-corrected chi connectivity index (χ1v) is 21.8. The number of hydrogen-bond donors (Lipinski definition) is 0. The van der Waals surface area contributed by atoms with Crippen molar-refractivity contribution in [1.29, 1.82) is 0 Å². The summed E-state index contributed by atoms with van der Waals surface area (Å²) in [6.45, 7) is 0. The maximum absolute atomic E-state index is 5.42. The Morgan fingerprint density at radius 2 is 0.633 bits per heavy atom. The van der Waals surface area contributed by atoms with Crippen molar-refractivity contribution in [2.24, 2.45) is 0 Å². The first kappa shape index (κ1) is 39.9. The van der Waals surface area contributed by atoms with E-state index < -0.39 is 0 Å². The third-order valence-corrected chi connectivity index (χ3v) is 15.0. The molecule has 0 bridgehead atoms. The van der Waals surface area contributed by atoms with Crippen molar-refractivity contribution in [3.8, 4) is 67.5 Å². The van der Waals surface area contributed by atoms with Crippen LogP contribution in [0.15, 0.2) is 109 Å². The molecule has 60 heavy (non-hydrogen) atoms. The molecule has 0 unspecified atom stereocenters. The molecular formula is C45H40B11N3S. The number of benzene rings is 7. The van der Waals surface area contributed by atoms with Gasteiger partial charge in [0.2, 0.25) is 0 Å². The minimum absolute atomic E-state index is 0.660. The van der Waals surface area contributed by atoms with Gasteiger partial charge < -0.3 is 0 Å². The largest absolute Gasteiger partial charge is 0.208 e. The fourth-order valence-electron chi connectivity index (χ4n) is 9.35. The summed E-state index contributed by atoms with van der Waals surface area (Å²) in [7, 11) is 25.2. The van der Waals surface area contributed by atoms with Gasteiger partial charge in [-0.1, -0.05) is 142 Å². The Bertz CT molecular complexity index is 3170. The Kier molecular flexibility index (Phi) is 10.3. The maximum Gasteiger partial charge on any atom is 0.164 e. The van der Waals surface area contributed by atoms with Gasteiger partial charge in [-0.05, 0) is 44.2 Å². The molecule has 0 saturated carbocycles. The average molecular weight is 774 g/mol. The second kappa shape index (κ2) is 15.5. The van der Waals surface area contributed by atoms with E-state index in [1.807, 2.05) is 17.4 Å². The van der Waals surface area contributed by atoms with Gasteiger partial charge in [-0.3, -0.25) is 0 Å². The van der Waals surface area contributed by atoms with Gasteiger partial charge in [-0.2, -0.15) is 0 Å². The predicted molar refractivity (Wildman–Crippen MR) is 295 cm³/mol. The number of thiophene rings is 1. The molecule has 0 fully saturated rings. The second-order valence-electron chi connectivity index (χ2n) is 16.7. The fraction of sp³-hybridized carbons (Fsp3) is 0. The summed E-state index contributed by atoms with van der Waals surface area (Å²) >= 11 is 1.96. The van der Waals surface area contributed by atoms with Gasteiger partial charge in [0.15, 0.2) is 17.5 Å². The van der Waals surface area contributed by atoms with E-state index in [0.29, 0.717) is 17.5 Å². The van der Waals surface area contributed by atoms with Gasteiger partial charge in [0, 0.05) is 26.1 Å². The number of rotatable bonds is 6. The van der Waals surface area contributed by atoms with Crippen LogP contribution in [0.4, 0.5) is 0 Å². The monoisotopic (exact) mass is 775 g/mol. The molecule has 7 aromatic carbocycles. The van der Waals surface area contributed by atoms with Crippen LogP contribution >= 0.6 is 11.3 Å². The summed E-state index contributed by atoms with van der Waals surface area (Å²) in [6.07, 6.45) is 0. The van der Waals surface area contributed by atoms with Crippen LogP contribution in [0, 0.1) is 0 Å². The van der Waals surface area contributed by atoms with Gasteiger partial charge in [-0.15, -0.1) is 38.7 Å². The number of hydrogen-bond acceptors (Lipinski definition) is 4. The smallest absolute Gasteiger partial charge is 0.164 e. The van der Waals surface area contributed by atoms with Crippen molar-refractivity contribution in [1.82, 2.24) is 15.0 Å². The molecule has 0 spiro atoms. The highest BCUT2D eigenvalue weighted by atomic mass is 32.1. The fourth-order valence-corrected chi connectivity index (χ4v) is 10.9. The molecule has 3 nitrogen and oxygen atoms in total. The molecule has 2 heterocycles. The van der Waals surface area contributed by atoms with Crippen molar-refractivity contribution < 1.29 is 0 Å². The summed E-state index contributed by atoms with van der Waals surface area (Å²) in [4.78, 5) is 16.0. The lowest BCUT2D eigenvalue weighted by molar-refractivity contribution is 1.08. The lowest BCUT2D eigenvalue weighted by Gasteiger charge is -2.25. The van der Waals surface area contributed by atoms with Crippen molar-refractivity contribution in [2.45, 2.75) is 0 Å². The zero-order valence-electron chi connectivity index (χ0n) is 36.6. The predicted octanol–water partition coefficient (Wildman–Crippen LogP) is -6.92. The molecule has 274 valence electrons. The Morgan fingerprint density at radius 3 is 1.15 bits per heavy atom. The van der Waals surface area contributed by atoms with Crippen LogP contribution < -0.4 is 60.1 Å². The lowest BCUT2D eigenvalue weighted by atomic mass is 9.58. The van der Waals surface area contributed by atoms with E-state index >= 15 is 0 Å². The summed E-state index contributed by atoms with van der Waals surface area (Å²) in [6, 6.07) is 38.3. The van der Waals surface area contributed by atoms with Gasteiger partial charge in [0.1, 0.15) is 86.3 Å². The minimum Gasteiger partial charge on any atom is -0.208 e. The zero-order valence-corrected chi connectivity index (χ0v) is 37.5. The molecule has 0 aliphatic rings. The van der Waals surface area contributed by atoms with E-state index in [9.17, 15) is 0 Å². The Balaban J connectivity index is 1.30. The molecular weight excluding hydrogens is 734 g/mol. The summed E-state index contributed by atoms with van der Waals surface area (Å²) < 4.78 is 2.72. The van der Waals surface area contributed by atoms with Crippen LogP contribution in [-0.4, -0.2) is 101 Å². The second-order valence-corrected chi connectivity index (χ2v) is 17.7. The highest BCUT2D eigenvalue weighted by molar-refractivity contribution is 7.28. The van der Waals surface area contributed by atoms with Crippen molar-refractivity contribution >= 4 is 178 Å². The third kappa shape index (κ3) is 6.48. The van der Waals surface area contributed by atoms with Gasteiger partial charge in [0.05, 0.1) is 0 Å². The molecule has 0 radical (unpaired) electrons. The van der Waals surface area contributed by atoms with Gasteiger partial charge in [-0.25, -0.2) is 15.0 Å². The molecule has 9 rings (SSSR count). The number of aromatic nitrogens is 3. The summed E-state index contributed by atoms with van der Waals surface area (Å²) in [5.41, 5.74) is 25.0. The molecule has 0 aliphatic carbocycles. The first-order chi connectivity index (χ1) is 28.8. The van der Waals surface area contributed by atoms with E-state index in [2.05, 4.69) is 189 Å². The highest BCUT2D eigenvalue weighted by Crippen LogP contribution is 2.38. The van der Waals surface area contributed by atoms with Gasteiger partial charge in [0.25, 0.3) is 0 Å². The van der Waals surface area contributed by atoms with Crippen LogP contribution in [0.1, 0.15) is 0 Å². The Morgan fingerprint density at radius 1 is 0.267 bits per heavy atom. The normalized spacial score (nSPS) is 11.4. The van der Waals surface area contributed by atoms with Crippen molar-refractivity contribution in [3.63, 3.8) is 0 Å². The minimum atomic E-state index is 0.660. The third-order valence-electron chi connectivity index (χ3n) is 13.6. The van der Waals surface area contributed by atoms with E-state index in [1.165, 1.54) is 108 Å². The molecule has 2 aromatic heterocycles. The number of fused-ring (bicyclic) bond motifs is 3. The molecule has 0 saturated heterocycles. The molecule has 15 heteroatoms. The molecule has 0 N–H and O–H groups in total. The SMILES string of the molecule is Bc1c(B)c(B)c(-c2c(B)c(-c3nc(-c4ccccc4)nc(-c4ccc(-c5ccc(-c6ccccc6)cc5)cc4)n3)c(B)c3c2sc2c(B)c(B)c(B)c(B)c23)c(B)c1B. The Hall–Kier alpha value is -5.52. The zero-order chi connectivity index (χ0) is 42.1. The van der Waals surface area contributed by atoms with Crippen LogP contribution in [0.25, 0.3) is 87.7 Å². The number of nitrogens with zero attached hydrogens (tertiary/aromatic N) is 3. The first-order valence-electron chi connectivity index (χ1n) is 21.0. The summed E-state index contributed by atoms with van der Waals surface area (Å²) in [5.74, 6) is 2.03. The molecule has 0 aliphatic heterocycles. The molecule has 0 amide bonds. The van der Waals surface area contributed by atoms with Gasteiger partial charge >= 0.3 is 0 Å². The van der Waals surface area contributed by atoms with Crippen LogP contribution in [0.3, 0.4) is 0 Å². The van der Waals surface area contributed by atoms with Crippen molar-refractivity contribution in [3.05, 3.63) is 109 Å². The van der Waals surface area contributed by atoms with E-state index in [1.54, 1.807) is 0 Å². The topological polar surface area (TPSA) is 38.7 Å². The van der Waals surface area contributed by atoms with Crippen molar-refractivity contribution in [2.75, 3.05) is 0 Å². The standard InChI is InChI=1S/C45H40B11N3S/c46-30-26(25-32(48)35(51)38(54)36(52)33(25)49)41-27(28-34(50)37(53)39(55)40(56)42(28)60-41)31(47)29(30)45-58-43(23-9-5-2-6-10-23)57-44(59-45)24-17-15-22(16-18-24)21-13-11-20(12-14-21)19-7-3-1-4-8-19/h1-18H,46-56H2. The van der Waals surface area contributed by atoms with Crippen LogP contribution in [0.2, 0.25) is 0 Å².